The molecule has 23 heavy (non-hydrogen) atoms. The lowest BCUT2D eigenvalue weighted by atomic mass is 9.96. The Labute approximate surface area is 141 Å². The molecule has 0 aliphatic carbocycles. The molecule has 0 bridgehead atoms. The normalized spacial score (nSPS) is 18.0. The maximum Gasteiger partial charge on any atom is 0.269 e. The van der Waals surface area contributed by atoms with Crippen molar-refractivity contribution in [1.29, 1.82) is 0 Å². The maximum absolute atomic E-state index is 12.0. The number of nitro benzene ring substituents is 1. The highest BCUT2D eigenvalue weighted by Crippen LogP contribution is 2.20. The first-order valence-electron chi connectivity index (χ1n) is 7.53. The van der Waals surface area contributed by atoms with Crippen LogP contribution < -0.4 is 11.1 Å². The van der Waals surface area contributed by atoms with Crippen LogP contribution in [0.25, 0.3) is 0 Å². The lowest BCUT2D eigenvalue weighted by Crippen LogP contribution is -2.43. The summed E-state index contributed by atoms with van der Waals surface area (Å²) < 4.78 is 0. The van der Waals surface area contributed by atoms with Crippen LogP contribution in [-0.4, -0.2) is 41.9 Å². The molecule has 1 aliphatic heterocycles. The number of likely N-dealkylation sites (tertiary alicyclic amines) is 1. The fourth-order valence-corrected chi connectivity index (χ4v) is 2.78. The van der Waals surface area contributed by atoms with Gasteiger partial charge in [0.1, 0.15) is 0 Å². The summed E-state index contributed by atoms with van der Waals surface area (Å²) in [6, 6.07) is 6.66. The van der Waals surface area contributed by atoms with Crippen LogP contribution in [-0.2, 0) is 11.3 Å². The van der Waals surface area contributed by atoms with Crippen LogP contribution in [0.2, 0.25) is 0 Å². The molecule has 8 heteroatoms. The van der Waals surface area contributed by atoms with E-state index in [-0.39, 0.29) is 34.8 Å². The van der Waals surface area contributed by atoms with Gasteiger partial charge in [0.25, 0.3) is 5.69 Å². The number of carbonyl (C=O) groups excluding carboxylic acids is 1. The number of carbonyl (C=O) groups is 1. The van der Waals surface area contributed by atoms with Crippen LogP contribution in [0.4, 0.5) is 5.69 Å². The van der Waals surface area contributed by atoms with Crippen molar-refractivity contribution >= 4 is 24.0 Å². The summed E-state index contributed by atoms with van der Waals surface area (Å²) in [5.41, 5.74) is 6.40. The summed E-state index contributed by atoms with van der Waals surface area (Å²) in [5, 5.41) is 13.6. The van der Waals surface area contributed by atoms with Gasteiger partial charge in [0.2, 0.25) is 5.91 Å². The van der Waals surface area contributed by atoms with E-state index < -0.39 is 0 Å². The second-order valence-corrected chi connectivity index (χ2v) is 5.58. The molecule has 1 aliphatic rings. The molecule has 3 N–H and O–H groups in total. The van der Waals surface area contributed by atoms with Crippen molar-refractivity contribution in [2.45, 2.75) is 19.4 Å². The standard InChI is InChI=1S/C15H22N4O3.ClH/c16-6-7-17-15(20)13-4-2-8-18(11-13)10-12-3-1-5-14(9-12)19(21)22;/h1,3,5,9,13H,2,4,6-8,10-11,16H2,(H,17,20);1H. The Bertz CT molecular complexity index is 541. The average molecular weight is 343 g/mol. The highest BCUT2D eigenvalue weighted by atomic mass is 35.5. The van der Waals surface area contributed by atoms with Crippen molar-refractivity contribution in [3.63, 3.8) is 0 Å². The van der Waals surface area contributed by atoms with Gasteiger partial charge in [-0.3, -0.25) is 19.8 Å². The molecule has 1 saturated heterocycles. The summed E-state index contributed by atoms with van der Waals surface area (Å²) in [4.78, 5) is 24.6. The van der Waals surface area contributed by atoms with E-state index in [9.17, 15) is 14.9 Å². The van der Waals surface area contributed by atoms with Crippen molar-refractivity contribution in [3.05, 3.63) is 39.9 Å². The van der Waals surface area contributed by atoms with Crippen molar-refractivity contribution in [3.8, 4) is 0 Å². The van der Waals surface area contributed by atoms with E-state index in [1.807, 2.05) is 6.07 Å². The molecule has 0 aromatic heterocycles. The number of hydrogen-bond acceptors (Lipinski definition) is 5. The van der Waals surface area contributed by atoms with Gasteiger partial charge in [0.05, 0.1) is 10.8 Å². The third kappa shape index (κ3) is 5.78. The number of rotatable bonds is 6. The fourth-order valence-electron chi connectivity index (χ4n) is 2.78. The highest BCUT2D eigenvalue weighted by molar-refractivity contribution is 5.85. The smallest absolute Gasteiger partial charge is 0.269 e. The molecular formula is C15H23ClN4O3. The largest absolute Gasteiger partial charge is 0.355 e. The molecule has 1 heterocycles. The van der Waals surface area contributed by atoms with Crippen LogP contribution in [0.3, 0.4) is 0 Å². The molecule has 0 saturated carbocycles. The van der Waals surface area contributed by atoms with E-state index in [1.165, 1.54) is 6.07 Å². The maximum atomic E-state index is 12.0. The summed E-state index contributed by atoms with van der Waals surface area (Å²) in [6.07, 6.45) is 1.83. The molecule has 2 rings (SSSR count). The summed E-state index contributed by atoms with van der Waals surface area (Å²) in [5.74, 6) is 0.0215. The molecular weight excluding hydrogens is 320 g/mol. The van der Waals surface area contributed by atoms with Crippen LogP contribution in [0.15, 0.2) is 24.3 Å². The second kappa shape index (κ2) is 9.44. The zero-order valence-electron chi connectivity index (χ0n) is 12.9. The number of nitrogens with two attached hydrogens (primary N) is 1. The zero-order chi connectivity index (χ0) is 15.9. The van der Waals surface area contributed by atoms with Crippen molar-refractivity contribution in [2.75, 3.05) is 26.2 Å². The first kappa shape index (κ1) is 19.3. The third-order valence-electron chi connectivity index (χ3n) is 3.85. The minimum atomic E-state index is -0.386. The fraction of sp³-hybridized carbons (Fsp3) is 0.533. The molecule has 1 amide bonds. The minimum absolute atomic E-state index is 0. The number of nitrogens with zero attached hydrogens (tertiary/aromatic N) is 2. The molecule has 1 unspecified atom stereocenters. The SMILES string of the molecule is Cl.NCCNC(=O)C1CCCN(Cc2cccc([N+](=O)[O-])c2)C1. The number of piperidine rings is 1. The lowest BCUT2D eigenvalue weighted by molar-refractivity contribution is -0.384. The molecule has 1 aromatic carbocycles. The Morgan fingerprint density at radius 2 is 2.26 bits per heavy atom. The number of benzene rings is 1. The lowest BCUT2D eigenvalue weighted by Gasteiger charge is -2.32. The summed E-state index contributed by atoms with van der Waals surface area (Å²) in [7, 11) is 0. The van der Waals surface area contributed by atoms with Gasteiger partial charge in [0, 0.05) is 38.3 Å². The average Bonchev–Trinajstić information content (AvgIpc) is 2.53. The number of non-ortho nitro benzene ring substituents is 1. The zero-order valence-corrected chi connectivity index (χ0v) is 13.8. The molecule has 1 fully saturated rings. The number of amides is 1. The van der Waals surface area contributed by atoms with E-state index in [2.05, 4.69) is 10.2 Å². The number of halogens is 1. The van der Waals surface area contributed by atoms with Crippen molar-refractivity contribution < 1.29 is 9.72 Å². The Morgan fingerprint density at radius 3 is 2.96 bits per heavy atom. The first-order chi connectivity index (χ1) is 10.6. The predicted molar refractivity (Wildman–Crippen MR) is 90.4 cm³/mol. The van der Waals surface area contributed by atoms with Gasteiger partial charge in [0.15, 0.2) is 0 Å². The Morgan fingerprint density at radius 1 is 1.48 bits per heavy atom. The van der Waals surface area contributed by atoms with Crippen molar-refractivity contribution in [1.82, 2.24) is 10.2 Å². The molecule has 1 aromatic rings. The van der Waals surface area contributed by atoms with Crippen LogP contribution in [0.5, 0.6) is 0 Å². The number of hydrogen-bond donors (Lipinski definition) is 2. The Balaban J connectivity index is 0.00000264. The van der Waals surface area contributed by atoms with Gasteiger partial charge in [-0.1, -0.05) is 12.1 Å². The highest BCUT2D eigenvalue weighted by Gasteiger charge is 2.25. The topological polar surface area (TPSA) is 102 Å². The number of nitro groups is 1. The molecule has 7 nitrogen and oxygen atoms in total. The predicted octanol–water partition coefficient (Wildman–Crippen LogP) is 1.30. The van der Waals surface area contributed by atoms with Gasteiger partial charge >= 0.3 is 0 Å². The van der Waals surface area contributed by atoms with Crippen molar-refractivity contribution in [2.24, 2.45) is 11.7 Å². The number of nitrogens with one attached hydrogen (secondary N) is 1. The van der Waals surface area contributed by atoms with E-state index in [0.29, 0.717) is 26.2 Å². The van der Waals surface area contributed by atoms with Gasteiger partial charge in [-0.2, -0.15) is 0 Å². The molecule has 0 radical (unpaired) electrons. The first-order valence-corrected chi connectivity index (χ1v) is 7.53. The Hall–Kier alpha value is -1.70. The second-order valence-electron chi connectivity index (χ2n) is 5.58. The quantitative estimate of drug-likeness (QED) is 0.599. The van der Waals surface area contributed by atoms with Gasteiger partial charge in [-0.25, -0.2) is 0 Å². The van der Waals surface area contributed by atoms with E-state index >= 15 is 0 Å². The summed E-state index contributed by atoms with van der Waals surface area (Å²) in [6.45, 7) is 3.15. The van der Waals surface area contributed by atoms with Crippen LogP contribution in [0.1, 0.15) is 18.4 Å². The van der Waals surface area contributed by atoms with E-state index in [0.717, 1.165) is 24.9 Å². The minimum Gasteiger partial charge on any atom is -0.355 e. The Kier molecular flexibility index (Phi) is 7.94. The van der Waals surface area contributed by atoms with Gasteiger partial charge in [-0.05, 0) is 24.9 Å². The molecule has 1 atom stereocenters. The molecule has 128 valence electrons. The summed E-state index contributed by atoms with van der Waals surface area (Å²) >= 11 is 0. The van der Waals surface area contributed by atoms with Gasteiger partial charge < -0.3 is 11.1 Å². The van der Waals surface area contributed by atoms with E-state index in [1.54, 1.807) is 12.1 Å². The molecule has 0 spiro atoms. The third-order valence-corrected chi connectivity index (χ3v) is 3.85. The van der Waals surface area contributed by atoms with Crippen LogP contribution >= 0.6 is 12.4 Å². The monoisotopic (exact) mass is 342 g/mol. The van der Waals surface area contributed by atoms with E-state index in [4.69, 9.17) is 5.73 Å². The van der Waals surface area contributed by atoms with Crippen LogP contribution in [0, 0.1) is 16.0 Å². The van der Waals surface area contributed by atoms with Gasteiger partial charge in [-0.15, -0.1) is 12.4 Å².